The molecule has 1 aliphatic heterocycles. The molecule has 1 fully saturated rings. The summed E-state index contributed by atoms with van der Waals surface area (Å²) in [4.78, 5) is 17.8. The van der Waals surface area contributed by atoms with E-state index in [9.17, 15) is 36.0 Å². The van der Waals surface area contributed by atoms with Gasteiger partial charge in [-0.05, 0) is 48.7 Å². The smallest absolute Gasteiger partial charge is 0.356 e. The molecule has 2 N–H and O–H groups in total. The first-order valence-electron chi connectivity index (χ1n) is 10.4. The summed E-state index contributed by atoms with van der Waals surface area (Å²) in [6.45, 7) is 0.925. The molecule has 1 aromatic heterocycles. The molecule has 0 aliphatic carbocycles. The van der Waals surface area contributed by atoms with Crippen molar-refractivity contribution in [3.05, 3.63) is 58.5 Å². The molecule has 0 saturated carbocycles. The van der Waals surface area contributed by atoms with Crippen LogP contribution in [0.3, 0.4) is 0 Å². The van der Waals surface area contributed by atoms with Crippen LogP contribution in [0.15, 0.2) is 30.3 Å². The summed E-state index contributed by atoms with van der Waals surface area (Å²) in [6.07, 6.45) is 0.317. The second kappa shape index (κ2) is 10.3. The van der Waals surface area contributed by atoms with Crippen LogP contribution in [0.1, 0.15) is 35.2 Å². The van der Waals surface area contributed by atoms with Crippen LogP contribution in [0.5, 0.6) is 0 Å². The van der Waals surface area contributed by atoms with E-state index in [0.717, 1.165) is 37.3 Å². The highest BCUT2D eigenvalue weighted by Crippen LogP contribution is 2.32. The average Bonchev–Trinajstić information content (AvgIpc) is 3.31. The zero-order chi connectivity index (χ0) is 25.8. The minimum atomic E-state index is -4.60. The molecule has 13 heteroatoms. The Morgan fingerprint density at radius 1 is 1.26 bits per heavy atom. The third-order valence-corrected chi connectivity index (χ3v) is 5.62. The first kappa shape index (κ1) is 26.0. The summed E-state index contributed by atoms with van der Waals surface area (Å²) < 4.78 is 78.3. The second-order valence-electron chi connectivity index (χ2n) is 7.84. The standard InChI is InChI=1S/C22H21F4N5O3S/c1-35(33,34)30-20-16(12-27)10-14(11-17(20)23)13-28-19(32)7-5-15-4-6-18(22(24,25)26)29-21(15)31-8-2-3-9-31/h4-7,10-11,30H,2-3,8-9,13H2,1H3,(H,28,32)/b7-5-. The van der Waals surface area contributed by atoms with Gasteiger partial charge in [0.25, 0.3) is 0 Å². The zero-order valence-electron chi connectivity index (χ0n) is 18.5. The number of amides is 1. The zero-order valence-corrected chi connectivity index (χ0v) is 19.3. The molecule has 1 saturated heterocycles. The number of benzene rings is 1. The number of nitrogens with one attached hydrogen (secondary N) is 2. The van der Waals surface area contributed by atoms with Gasteiger partial charge in [-0.1, -0.05) is 0 Å². The van der Waals surface area contributed by atoms with Gasteiger partial charge in [0.1, 0.15) is 29.1 Å². The predicted molar refractivity (Wildman–Crippen MR) is 121 cm³/mol. The molecule has 3 rings (SSSR count). The van der Waals surface area contributed by atoms with Crippen molar-refractivity contribution in [3.8, 4) is 6.07 Å². The Kier molecular flexibility index (Phi) is 7.64. The van der Waals surface area contributed by atoms with Crippen molar-refractivity contribution in [1.82, 2.24) is 10.3 Å². The first-order valence-corrected chi connectivity index (χ1v) is 12.3. The number of pyridine rings is 1. The third-order valence-electron chi connectivity index (χ3n) is 5.04. The number of anilines is 2. The number of aromatic nitrogens is 1. The SMILES string of the molecule is CS(=O)(=O)Nc1c(F)cc(CNC(=O)/C=C\c2ccc(C(F)(F)F)nc2N2CCCC2)cc1C#N. The Bertz CT molecular complexity index is 1300. The lowest BCUT2D eigenvalue weighted by molar-refractivity contribution is -0.141. The molecule has 186 valence electrons. The molecule has 1 aromatic carbocycles. The van der Waals surface area contributed by atoms with E-state index in [1.54, 1.807) is 11.0 Å². The molecule has 2 heterocycles. The van der Waals surface area contributed by atoms with Gasteiger partial charge in [0, 0.05) is 31.3 Å². The van der Waals surface area contributed by atoms with Crippen molar-refractivity contribution in [2.24, 2.45) is 0 Å². The molecule has 0 bridgehead atoms. The molecule has 0 unspecified atom stereocenters. The van der Waals surface area contributed by atoms with E-state index >= 15 is 0 Å². The van der Waals surface area contributed by atoms with E-state index in [0.29, 0.717) is 18.7 Å². The van der Waals surface area contributed by atoms with Crippen LogP contribution < -0.4 is 14.9 Å². The monoisotopic (exact) mass is 511 g/mol. The Hall–Kier alpha value is -3.66. The van der Waals surface area contributed by atoms with Crippen molar-refractivity contribution in [2.45, 2.75) is 25.6 Å². The van der Waals surface area contributed by atoms with Crippen LogP contribution in [0.4, 0.5) is 29.1 Å². The van der Waals surface area contributed by atoms with Gasteiger partial charge in [-0.15, -0.1) is 0 Å². The number of sulfonamides is 1. The van der Waals surface area contributed by atoms with Crippen LogP contribution in [0, 0.1) is 17.1 Å². The first-order chi connectivity index (χ1) is 16.4. The highest BCUT2D eigenvalue weighted by atomic mass is 32.2. The van der Waals surface area contributed by atoms with Crippen molar-refractivity contribution in [1.29, 1.82) is 5.26 Å². The molecule has 0 radical (unpaired) electrons. The number of carbonyl (C=O) groups excluding carboxylic acids is 1. The number of nitriles is 1. The van der Waals surface area contributed by atoms with E-state index in [-0.39, 0.29) is 23.5 Å². The van der Waals surface area contributed by atoms with Crippen LogP contribution >= 0.6 is 0 Å². The van der Waals surface area contributed by atoms with E-state index in [2.05, 4.69) is 10.3 Å². The Morgan fingerprint density at radius 3 is 2.54 bits per heavy atom. The highest BCUT2D eigenvalue weighted by Gasteiger charge is 2.33. The number of hydrogen-bond donors (Lipinski definition) is 2. The Morgan fingerprint density at radius 2 is 1.94 bits per heavy atom. The second-order valence-corrected chi connectivity index (χ2v) is 9.59. The molecule has 35 heavy (non-hydrogen) atoms. The molecule has 1 aliphatic rings. The number of alkyl halides is 3. The molecule has 0 spiro atoms. The van der Waals surface area contributed by atoms with E-state index in [4.69, 9.17) is 0 Å². The summed E-state index contributed by atoms with van der Waals surface area (Å²) in [5, 5.41) is 11.7. The summed E-state index contributed by atoms with van der Waals surface area (Å²) in [6, 6.07) is 5.99. The van der Waals surface area contributed by atoms with Crippen molar-refractivity contribution in [2.75, 3.05) is 29.0 Å². The third kappa shape index (κ3) is 6.92. The van der Waals surface area contributed by atoms with Gasteiger partial charge < -0.3 is 10.2 Å². The molecule has 0 atom stereocenters. The lowest BCUT2D eigenvalue weighted by atomic mass is 10.1. The van der Waals surface area contributed by atoms with E-state index < -0.39 is 39.3 Å². The fraction of sp³-hybridized carbons (Fsp3) is 0.318. The number of carbonyl (C=O) groups is 1. The molecule has 1 amide bonds. The number of hydrogen-bond acceptors (Lipinski definition) is 6. The van der Waals surface area contributed by atoms with Crippen molar-refractivity contribution < 1.29 is 30.8 Å². The van der Waals surface area contributed by atoms with E-state index in [1.165, 1.54) is 18.2 Å². The predicted octanol–water partition coefficient (Wildman–Crippen LogP) is 3.41. The topological polar surface area (TPSA) is 115 Å². The van der Waals surface area contributed by atoms with Gasteiger partial charge >= 0.3 is 6.18 Å². The van der Waals surface area contributed by atoms with Crippen LogP contribution in [-0.4, -0.2) is 38.7 Å². The minimum Gasteiger partial charge on any atom is -0.356 e. The fourth-order valence-electron chi connectivity index (χ4n) is 3.49. The average molecular weight is 512 g/mol. The minimum absolute atomic E-state index is 0.135. The summed E-state index contributed by atoms with van der Waals surface area (Å²) in [7, 11) is -3.82. The quantitative estimate of drug-likeness (QED) is 0.435. The van der Waals surface area contributed by atoms with Crippen molar-refractivity contribution in [3.63, 3.8) is 0 Å². The maximum atomic E-state index is 14.3. The van der Waals surface area contributed by atoms with Gasteiger partial charge in [0.05, 0.1) is 11.8 Å². The number of nitrogens with zero attached hydrogens (tertiary/aromatic N) is 3. The largest absolute Gasteiger partial charge is 0.433 e. The maximum absolute atomic E-state index is 14.3. The molecular formula is C22H21F4N5O3S. The highest BCUT2D eigenvalue weighted by molar-refractivity contribution is 7.92. The van der Waals surface area contributed by atoms with Gasteiger partial charge in [0.2, 0.25) is 15.9 Å². The van der Waals surface area contributed by atoms with Crippen LogP contribution in [0.2, 0.25) is 0 Å². The van der Waals surface area contributed by atoms with Gasteiger partial charge in [0.15, 0.2) is 0 Å². The fourth-order valence-corrected chi connectivity index (χ4v) is 4.06. The van der Waals surface area contributed by atoms with Gasteiger partial charge in [-0.3, -0.25) is 9.52 Å². The summed E-state index contributed by atoms with van der Waals surface area (Å²) in [5.41, 5.74) is -1.24. The summed E-state index contributed by atoms with van der Waals surface area (Å²) >= 11 is 0. The van der Waals surface area contributed by atoms with Gasteiger partial charge in [-0.2, -0.15) is 18.4 Å². The van der Waals surface area contributed by atoms with E-state index in [1.807, 2.05) is 4.72 Å². The molecule has 2 aromatic rings. The normalized spacial score (nSPS) is 14.2. The van der Waals surface area contributed by atoms with Crippen LogP contribution in [-0.2, 0) is 27.5 Å². The lowest BCUT2D eigenvalue weighted by Crippen LogP contribution is -2.22. The van der Waals surface area contributed by atoms with Crippen LogP contribution in [0.25, 0.3) is 6.08 Å². The number of halogens is 4. The Balaban J connectivity index is 1.75. The molecular weight excluding hydrogens is 490 g/mol. The summed E-state index contributed by atoms with van der Waals surface area (Å²) in [5.74, 6) is -1.47. The van der Waals surface area contributed by atoms with Gasteiger partial charge in [-0.25, -0.2) is 17.8 Å². The Labute approximate surface area is 199 Å². The maximum Gasteiger partial charge on any atom is 0.433 e. The molecule has 8 nitrogen and oxygen atoms in total. The van der Waals surface area contributed by atoms with Crippen molar-refractivity contribution >= 4 is 33.5 Å². The lowest BCUT2D eigenvalue weighted by Gasteiger charge is -2.20. The number of rotatable bonds is 7.